The van der Waals surface area contributed by atoms with Crippen molar-refractivity contribution >= 4 is 54.9 Å². The van der Waals surface area contributed by atoms with Crippen LogP contribution < -0.4 is 10.0 Å². The third-order valence-electron chi connectivity index (χ3n) is 8.70. The fraction of sp³-hybridized carbons (Fsp3) is 0.515. The predicted octanol–water partition coefficient (Wildman–Crippen LogP) is 4.91. The van der Waals surface area contributed by atoms with Crippen LogP contribution in [0.15, 0.2) is 41.3 Å². The molecule has 0 aliphatic carbocycles. The Hall–Kier alpha value is -3.42. The van der Waals surface area contributed by atoms with Gasteiger partial charge < -0.3 is 15.0 Å². The first-order chi connectivity index (χ1) is 21.9. The third kappa shape index (κ3) is 7.58. The van der Waals surface area contributed by atoms with Crippen molar-refractivity contribution < 1.29 is 31.9 Å². The molecule has 3 heterocycles. The molecular weight excluding hydrogens is 632 g/mol. The molecule has 3 aromatic rings. The number of halogens is 1. The molecule has 248 valence electrons. The van der Waals surface area contributed by atoms with Gasteiger partial charge in [-0.3, -0.25) is 18.8 Å². The van der Waals surface area contributed by atoms with Crippen LogP contribution in [0.5, 0.6) is 0 Å². The number of hydrogen-bond acceptors (Lipinski definition) is 9. The second kappa shape index (κ2) is 14.1. The summed E-state index contributed by atoms with van der Waals surface area (Å²) in [5, 5.41) is 3.76. The second-order valence-corrected chi connectivity index (χ2v) is 15.4. The Morgan fingerprint density at radius 3 is 2.65 bits per heavy atom. The van der Waals surface area contributed by atoms with E-state index in [-0.39, 0.29) is 66.2 Å². The van der Waals surface area contributed by atoms with E-state index in [0.717, 1.165) is 10.2 Å². The molecule has 1 fully saturated rings. The molecule has 1 saturated heterocycles. The van der Waals surface area contributed by atoms with Crippen LogP contribution >= 0.6 is 11.3 Å². The monoisotopic (exact) mass is 672 g/mol. The van der Waals surface area contributed by atoms with E-state index in [4.69, 9.17) is 4.74 Å². The summed E-state index contributed by atoms with van der Waals surface area (Å²) in [6.07, 6.45) is 1.96. The van der Waals surface area contributed by atoms with Crippen molar-refractivity contribution in [1.82, 2.24) is 14.6 Å². The van der Waals surface area contributed by atoms with Gasteiger partial charge in [-0.15, -0.1) is 11.3 Å². The zero-order valence-electron chi connectivity index (χ0n) is 26.4. The number of likely N-dealkylation sites (tertiary alicyclic amines) is 1. The Bertz CT molecular complexity index is 1680. The molecule has 1 amide bonds. The van der Waals surface area contributed by atoms with E-state index in [1.165, 1.54) is 17.4 Å². The quantitative estimate of drug-likeness (QED) is 0.259. The van der Waals surface area contributed by atoms with Crippen molar-refractivity contribution in [2.24, 2.45) is 11.3 Å². The molecule has 0 saturated carbocycles. The Balaban J connectivity index is 1.49. The first kappa shape index (κ1) is 33.9. The predicted molar refractivity (Wildman–Crippen MR) is 175 cm³/mol. The molecule has 5 rings (SSSR count). The molecule has 2 aliphatic rings. The van der Waals surface area contributed by atoms with Crippen molar-refractivity contribution in [1.29, 1.82) is 0 Å². The summed E-state index contributed by atoms with van der Waals surface area (Å²) < 4.78 is 50.2. The van der Waals surface area contributed by atoms with Crippen LogP contribution in [0.2, 0.25) is 0 Å². The number of nitrogens with one attached hydrogen (secondary N) is 2. The number of thiazole rings is 1. The number of esters is 1. The maximum absolute atomic E-state index is 14.3. The molecular formula is C33H41FN4O6S2. The van der Waals surface area contributed by atoms with Crippen LogP contribution in [-0.2, 0) is 37.2 Å². The number of aromatic nitrogens is 1. The highest BCUT2D eigenvalue weighted by Crippen LogP contribution is 2.38. The van der Waals surface area contributed by atoms with Crippen molar-refractivity contribution in [2.75, 3.05) is 38.2 Å². The number of Topliss-reactive ketones (excluding diaryl/α,β-unsaturated/α-hetero) is 1. The first-order valence-corrected chi connectivity index (χ1v) is 18.0. The molecule has 10 nitrogen and oxygen atoms in total. The smallest absolute Gasteiger partial charge is 0.306 e. The lowest BCUT2D eigenvalue weighted by Crippen LogP contribution is -2.51. The van der Waals surface area contributed by atoms with Gasteiger partial charge in [0.1, 0.15) is 10.9 Å². The largest absolute Gasteiger partial charge is 0.466 e. The number of nitrogens with zero attached hydrogens (tertiary/aromatic N) is 2. The fourth-order valence-corrected chi connectivity index (χ4v) is 8.51. The van der Waals surface area contributed by atoms with Gasteiger partial charge in [-0.2, -0.15) is 4.72 Å². The molecule has 2 aromatic carbocycles. The topological polar surface area (TPSA) is 135 Å². The fourth-order valence-electron chi connectivity index (χ4n) is 6.05. The van der Waals surface area contributed by atoms with Gasteiger partial charge in [0.15, 0.2) is 5.78 Å². The average Bonchev–Trinajstić information content (AvgIpc) is 3.44. The molecule has 0 radical (unpaired) electrons. The number of rotatable bonds is 12. The Morgan fingerprint density at radius 2 is 1.96 bits per heavy atom. The number of hydrogen-bond donors (Lipinski definition) is 2. The van der Waals surface area contributed by atoms with Gasteiger partial charge in [-0.25, -0.2) is 13.4 Å². The van der Waals surface area contributed by atoms with E-state index in [1.54, 1.807) is 31.7 Å². The number of piperidine rings is 1. The zero-order valence-corrected chi connectivity index (χ0v) is 28.1. The summed E-state index contributed by atoms with van der Waals surface area (Å²) in [4.78, 5) is 45.8. The van der Waals surface area contributed by atoms with Crippen LogP contribution in [0.3, 0.4) is 0 Å². The highest BCUT2D eigenvalue weighted by molar-refractivity contribution is 7.89. The number of aryl methyl sites for hydroxylation is 1. The second-order valence-electron chi connectivity index (χ2n) is 12.6. The maximum atomic E-state index is 14.3. The number of carbonyl (C=O) groups is 3. The number of alkyl halides is 1. The third-order valence-corrected chi connectivity index (χ3v) is 11.3. The molecule has 2 N–H and O–H groups in total. The number of sulfonamides is 1. The minimum atomic E-state index is -4.39. The van der Waals surface area contributed by atoms with E-state index in [2.05, 4.69) is 15.0 Å². The van der Waals surface area contributed by atoms with Gasteiger partial charge in [-0.1, -0.05) is 26.0 Å². The van der Waals surface area contributed by atoms with Crippen LogP contribution in [0.25, 0.3) is 10.2 Å². The van der Waals surface area contributed by atoms with E-state index >= 15 is 0 Å². The molecule has 2 aliphatic heterocycles. The summed E-state index contributed by atoms with van der Waals surface area (Å²) in [6, 6.07) is 9.47. The number of anilines is 1. The number of para-hydroxylation sites is 1. The van der Waals surface area contributed by atoms with Gasteiger partial charge >= 0.3 is 5.97 Å². The summed E-state index contributed by atoms with van der Waals surface area (Å²) in [5.74, 6) is -0.831. The molecule has 1 atom stereocenters. The number of ether oxygens (including phenoxy) is 1. The van der Waals surface area contributed by atoms with Gasteiger partial charge in [0.25, 0.3) is 0 Å². The summed E-state index contributed by atoms with van der Waals surface area (Å²) in [6.45, 7) is 6.13. The minimum absolute atomic E-state index is 0.0155. The lowest BCUT2D eigenvalue weighted by Gasteiger charge is -2.34. The van der Waals surface area contributed by atoms with Gasteiger partial charge in [0.2, 0.25) is 15.9 Å². The average molecular weight is 673 g/mol. The number of benzene rings is 2. The first-order valence-electron chi connectivity index (χ1n) is 15.7. The normalized spacial score (nSPS) is 17.4. The highest BCUT2D eigenvalue weighted by atomic mass is 32.2. The van der Waals surface area contributed by atoms with Crippen LogP contribution in [0.1, 0.15) is 67.4 Å². The lowest BCUT2D eigenvalue weighted by molar-refractivity contribution is -0.143. The lowest BCUT2D eigenvalue weighted by atomic mass is 9.80. The Morgan fingerprint density at radius 1 is 1.22 bits per heavy atom. The molecule has 0 spiro atoms. The van der Waals surface area contributed by atoms with E-state index in [0.29, 0.717) is 42.9 Å². The van der Waals surface area contributed by atoms with Crippen molar-refractivity contribution in [3.8, 4) is 0 Å². The summed E-state index contributed by atoms with van der Waals surface area (Å²) in [7, 11) is -4.39. The molecule has 0 unspecified atom stereocenters. The van der Waals surface area contributed by atoms with Crippen molar-refractivity contribution in [2.45, 2.75) is 70.2 Å². The van der Waals surface area contributed by atoms with E-state index in [1.807, 2.05) is 24.3 Å². The minimum Gasteiger partial charge on any atom is -0.466 e. The summed E-state index contributed by atoms with van der Waals surface area (Å²) in [5.41, 5.74) is 0.874. The Kier molecular flexibility index (Phi) is 10.4. The number of amides is 1. The number of carbonyl (C=O) groups excluding carboxylic acids is 3. The van der Waals surface area contributed by atoms with Crippen molar-refractivity contribution in [3.63, 3.8) is 0 Å². The van der Waals surface area contributed by atoms with Gasteiger partial charge in [-0.05, 0) is 68.4 Å². The highest BCUT2D eigenvalue weighted by Gasteiger charge is 2.39. The molecule has 1 aromatic heterocycles. The Labute approximate surface area is 273 Å². The van der Waals surface area contributed by atoms with E-state index in [9.17, 15) is 27.2 Å². The number of ketones is 1. The standard InChI is InChI=1S/C33H41FN4O6S2/c1-4-44-29(39)10-9-22-17-23-30(35-20-33(2,3)31(23)40)27(18-22)46(42,43)37-25(19-28-36-24-7-5-6-8-26(24)45-28)32(41)38-15-12-21(11-14-34)13-16-38/h5-8,17-18,21,25,35,37H,4,9-16,19-20H2,1-3H3/t25-/m0/s1. The zero-order chi connectivity index (χ0) is 33.1. The van der Waals surface area contributed by atoms with E-state index < -0.39 is 34.1 Å². The molecule has 46 heavy (non-hydrogen) atoms. The molecule has 0 bridgehead atoms. The van der Waals surface area contributed by atoms with Gasteiger partial charge in [0, 0.05) is 43.5 Å². The summed E-state index contributed by atoms with van der Waals surface area (Å²) >= 11 is 1.40. The van der Waals surface area contributed by atoms with Crippen molar-refractivity contribution in [3.05, 3.63) is 52.5 Å². The van der Waals surface area contributed by atoms with Crippen LogP contribution in [0, 0.1) is 11.3 Å². The molecule has 13 heteroatoms. The maximum Gasteiger partial charge on any atom is 0.306 e. The SMILES string of the molecule is CCOC(=O)CCc1cc2c(c(S(=O)(=O)N[C@@H](Cc3nc4ccccc4s3)C(=O)N3CCC(CCF)CC3)c1)NCC(C)(C)C2=O. The van der Waals surface area contributed by atoms with Gasteiger partial charge in [0.05, 0.1) is 34.2 Å². The van der Waals surface area contributed by atoms with Crippen LogP contribution in [-0.4, -0.2) is 74.9 Å². The number of fused-ring (bicyclic) bond motifs is 2. The van der Waals surface area contributed by atoms with Crippen LogP contribution in [0.4, 0.5) is 10.1 Å².